The van der Waals surface area contributed by atoms with Crippen LogP contribution in [0.1, 0.15) is 48.9 Å². The van der Waals surface area contributed by atoms with Gasteiger partial charge >= 0.3 is 0 Å². The molecular formula is C33H31NO3. The second kappa shape index (κ2) is 8.11. The first-order valence-electron chi connectivity index (χ1n) is 13.1. The van der Waals surface area contributed by atoms with Gasteiger partial charge in [-0.1, -0.05) is 80.1 Å². The Kier molecular flexibility index (Phi) is 5.17. The smallest absolute Gasteiger partial charge is 0.239 e. The van der Waals surface area contributed by atoms with Crippen molar-refractivity contribution >= 4 is 34.4 Å². The highest BCUT2D eigenvalue weighted by molar-refractivity contribution is 6.34. The zero-order valence-corrected chi connectivity index (χ0v) is 21.7. The number of Topliss-reactive ketones (excluding diaryl/α,β-unsaturated/α-hetero) is 1. The summed E-state index contributed by atoms with van der Waals surface area (Å²) in [7, 11) is 0. The Bertz CT molecular complexity index is 1490. The normalized spacial score (nSPS) is 28.4. The van der Waals surface area contributed by atoms with Crippen LogP contribution in [0.5, 0.6) is 0 Å². The summed E-state index contributed by atoms with van der Waals surface area (Å²) in [4.78, 5) is 44.6. The van der Waals surface area contributed by atoms with Gasteiger partial charge in [-0.05, 0) is 72.7 Å². The third kappa shape index (κ3) is 2.87. The van der Waals surface area contributed by atoms with Crippen LogP contribution in [0.15, 0.2) is 78.9 Å². The van der Waals surface area contributed by atoms with Crippen molar-refractivity contribution < 1.29 is 14.4 Å². The molecule has 0 spiro atoms. The number of hydrogen-bond acceptors (Lipinski definition) is 3. The molecule has 0 radical (unpaired) electrons. The van der Waals surface area contributed by atoms with Gasteiger partial charge in [0, 0.05) is 0 Å². The van der Waals surface area contributed by atoms with E-state index in [1.165, 1.54) is 4.90 Å². The lowest BCUT2D eigenvalue weighted by Crippen LogP contribution is -2.41. The van der Waals surface area contributed by atoms with Gasteiger partial charge in [0.2, 0.25) is 11.8 Å². The number of hydrogen-bond donors (Lipinski definition) is 0. The molecule has 3 aromatic rings. The van der Waals surface area contributed by atoms with Gasteiger partial charge in [-0.25, -0.2) is 4.90 Å². The van der Waals surface area contributed by atoms with E-state index in [4.69, 9.17) is 0 Å². The van der Waals surface area contributed by atoms with Crippen LogP contribution in [-0.4, -0.2) is 17.6 Å². The molecule has 186 valence electrons. The molecule has 37 heavy (non-hydrogen) atoms. The molecule has 2 bridgehead atoms. The fourth-order valence-corrected chi connectivity index (χ4v) is 7.48. The lowest BCUT2D eigenvalue weighted by Gasteiger charge is -2.37. The van der Waals surface area contributed by atoms with Crippen molar-refractivity contribution in [2.24, 2.45) is 22.7 Å². The largest absolute Gasteiger partial charge is 0.298 e. The Morgan fingerprint density at radius 2 is 1.30 bits per heavy atom. The minimum atomic E-state index is -1.09. The van der Waals surface area contributed by atoms with Crippen LogP contribution in [0.4, 0.5) is 5.69 Å². The molecule has 0 aromatic heterocycles. The summed E-state index contributed by atoms with van der Waals surface area (Å²) in [6.45, 7) is 7.97. The summed E-state index contributed by atoms with van der Waals surface area (Å²) in [6, 6.07) is 25.6. The van der Waals surface area contributed by atoms with Crippen molar-refractivity contribution in [3.63, 3.8) is 0 Å². The van der Waals surface area contributed by atoms with Gasteiger partial charge in [-0.15, -0.1) is 0 Å². The number of allylic oxidation sites excluding steroid dienone is 2. The molecule has 4 atom stereocenters. The minimum Gasteiger partial charge on any atom is -0.298 e. The molecule has 2 aliphatic carbocycles. The molecule has 2 amide bonds. The summed E-state index contributed by atoms with van der Waals surface area (Å²) in [5, 5.41) is 0. The Labute approximate surface area is 218 Å². The van der Waals surface area contributed by atoms with Gasteiger partial charge in [0.15, 0.2) is 5.78 Å². The molecule has 2 fully saturated rings. The van der Waals surface area contributed by atoms with Gasteiger partial charge in [-0.2, -0.15) is 0 Å². The van der Waals surface area contributed by atoms with E-state index in [-0.39, 0.29) is 17.6 Å². The third-order valence-corrected chi connectivity index (χ3v) is 9.07. The van der Waals surface area contributed by atoms with Crippen LogP contribution in [0.2, 0.25) is 0 Å². The van der Waals surface area contributed by atoms with Crippen molar-refractivity contribution in [1.29, 1.82) is 0 Å². The van der Waals surface area contributed by atoms with Crippen molar-refractivity contribution in [2.75, 3.05) is 4.90 Å². The van der Waals surface area contributed by atoms with Gasteiger partial charge in [0.25, 0.3) is 0 Å². The molecule has 0 N–H and O–H groups in total. The molecule has 3 aromatic carbocycles. The Morgan fingerprint density at radius 1 is 0.730 bits per heavy atom. The van der Waals surface area contributed by atoms with E-state index in [1.54, 1.807) is 0 Å². The quantitative estimate of drug-likeness (QED) is 0.389. The number of aryl methyl sites for hydroxylation is 2. The van der Waals surface area contributed by atoms with Crippen molar-refractivity contribution in [3.05, 3.63) is 101 Å². The molecule has 1 saturated carbocycles. The molecule has 0 unspecified atom stereocenters. The predicted molar refractivity (Wildman–Crippen MR) is 146 cm³/mol. The van der Waals surface area contributed by atoms with E-state index in [0.29, 0.717) is 12.1 Å². The number of amides is 2. The number of ketones is 1. The SMILES string of the molecule is CCC[C@@]12C(=O)[C@@](C)(C(c3ccccc3)=C1c1ccccc1)[C@@H]1C(=O)N(c3ccc(C)c(C)c3)C(=O)[C@@H]12. The number of benzene rings is 3. The molecule has 1 heterocycles. The predicted octanol–water partition coefficient (Wildman–Crippen LogP) is 6.41. The van der Waals surface area contributed by atoms with E-state index in [1.807, 2.05) is 99.6 Å². The fraction of sp³-hybridized carbons (Fsp3) is 0.303. The zero-order chi connectivity index (χ0) is 26.1. The van der Waals surface area contributed by atoms with Crippen LogP contribution in [0.25, 0.3) is 11.1 Å². The lowest BCUT2D eigenvalue weighted by atomic mass is 9.61. The van der Waals surface area contributed by atoms with Gasteiger partial charge in [0.1, 0.15) is 0 Å². The van der Waals surface area contributed by atoms with E-state index < -0.39 is 22.7 Å². The van der Waals surface area contributed by atoms with E-state index >= 15 is 0 Å². The maximum atomic E-state index is 14.7. The summed E-state index contributed by atoms with van der Waals surface area (Å²) in [6.07, 6.45) is 1.26. The molecule has 4 heteroatoms. The Balaban J connectivity index is 1.65. The van der Waals surface area contributed by atoms with Gasteiger partial charge in [0.05, 0.1) is 28.4 Å². The molecule has 4 nitrogen and oxygen atoms in total. The van der Waals surface area contributed by atoms with Crippen molar-refractivity contribution in [1.82, 2.24) is 0 Å². The number of rotatable bonds is 5. The molecule has 1 saturated heterocycles. The van der Waals surface area contributed by atoms with Crippen molar-refractivity contribution in [2.45, 2.75) is 40.5 Å². The van der Waals surface area contributed by atoms with Crippen LogP contribution < -0.4 is 4.90 Å². The summed E-state index contributed by atoms with van der Waals surface area (Å²) in [5.74, 6) is -1.90. The van der Waals surface area contributed by atoms with Gasteiger partial charge < -0.3 is 0 Å². The molecule has 1 aliphatic heterocycles. The second-order valence-corrected chi connectivity index (χ2v) is 11.0. The zero-order valence-electron chi connectivity index (χ0n) is 21.7. The Hall–Kier alpha value is -3.79. The topological polar surface area (TPSA) is 54.5 Å². The minimum absolute atomic E-state index is 0.0241. The average Bonchev–Trinajstić information content (AvgIpc) is 3.37. The fourth-order valence-electron chi connectivity index (χ4n) is 7.48. The number of anilines is 1. The van der Waals surface area contributed by atoms with Crippen molar-refractivity contribution in [3.8, 4) is 0 Å². The lowest BCUT2D eigenvalue weighted by molar-refractivity contribution is -0.134. The molecule has 3 aliphatic rings. The van der Waals surface area contributed by atoms with Crippen LogP contribution >= 0.6 is 0 Å². The number of carbonyl (C=O) groups excluding carboxylic acids is 3. The number of fused-ring (bicyclic) bond motifs is 5. The first kappa shape index (κ1) is 23.6. The summed E-state index contributed by atoms with van der Waals surface area (Å²) >= 11 is 0. The maximum absolute atomic E-state index is 14.7. The summed E-state index contributed by atoms with van der Waals surface area (Å²) in [5.41, 5.74) is 4.32. The third-order valence-electron chi connectivity index (χ3n) is 9.07. The van der Waals surface area contributed by atoms with E-state index in [9.17, 15) is 14.4 Å². The first-order valence-corrected chi connectivity index (χ1v) is 13.1. The van der Waals surface area contributed by atoms with E-state index in [2.05, 4.69) is 6.92 Å². The highest BCUT2D eigenvalue weighted by Gasteiger charge is 2.80. The van der Waals surface area contributed by atoms with Crippen LogP contribution in [-0.2, 0) is 14.4 Å². The van der Waals surface area contributed by atoms with Crippen LogP contribution in [0.3, 0.4) is 0 Å². The average molecular weight is 490 g/mol. The number of nitrogens with zero attached hydrogens (tertiary/aromatic N) is 1. The highest BCUT2D eigenvalue weighted by Crippen LogP contribution is 2.75. The highest BCUT2D eigenvalue weighted by atomic mass is 16.2. The summed E-state index contributed by atoms with van der Waals surface area (Å²) < 4.78 is 0. The number of imide groups is 1. The maximum Gasteiger partial charge on any atom is 0.239 e. The standard InChI is InChI=1S/C33H31NO3/c1-5-18-33-26(23-14-10-7-11-15-23)25(22-12-8-6-9-13-22)32(4,31(33)37)27-28(33)30(36)34(29(27)35)24-17-16-20(2)21(3)19-24/h6-17,19,27-28H,5,18H2,1-4H3/t27-,28+,32-,33+/m0/s1. The second-order valence-electron chi connectivity index (χ2n) is 11.0. The Morgan fingerprint density at radius 3 is 1.86 bits per heavy atom. The van der Waals surface area contributed by atoms with E-state index in [0.717, 1.165) is 39.8 Å². The first-order chi connectivity index (χ1) is 17.8. The molecular weight excluding hydrogens is 458 g/mol. The van der Waals surface area contributed by atoms with Gasteiger partial charge in [-0.3, -0.25) is 14.4 Å². The molecule has 6 rings (SSSR count). The van der Waals surface area contributed by atoms with Crippen LogP contribution in [0, 0.1) is 36.5 Å². The number of carbonyl (C=O) groups is 3. The monoisotopic (exact) mass is 489 g/mol.